The zero-order valence-corrected chi connectivity index (χ0v) is 24.3. The van der Waals surface area contributed by atoms with Crippen molar-refractivity contribution in [3.8, 4) is 17.2 Å². The van der Waals surface area contributed by atoms with Crippen molar-refractivity contribution in [2.24, 2.45) is 5.10 Å². The Morgan fingerprint density at radius 3 is 2.37 bits per heavy atom. The van der Waals surface area contributed by atoms with Crippen LogP contribution < -0.4 is 23.9 Å². The van der Waals surface area contributed by atoms with Gasteiger partial charge in [0.15, 0.2) is 11.5 Å². The van der Waals surface area contributed by atoms with Crippen LogP contribution in [0.25, 0.3) is 10.8 Å². The fourth-order valence-electron chi connectivity index (χ4n) is 4.98. The van der Waals surface area contributed by atoms with Gasteiger partial charge in [0, 0.05) is 16.7 Å². The van der Waals surface area contributed by atoms with E-state index in [9.17, 15) is 13.2 Å². The molecule has 11 heteroatoms. The third-order valence-corrected chi connectivity index (χ3v) is 8.93. The van der Waals surface area contributed by atoms with Crippen LogP contribution in [0.15, 0.2) is 76.7 Å². The van der Waals surface area contributed by atoms with Crippen molar-refractivity contribution in [3.05, 3.63) is 88.4 Å². The molecule has 1 amide bonds. The third-order valence-electron chi connectivity index (χ3n) is 6.94. The Kier molecular flexibility index (Phi) is 8.05. The SMILES string of the molecule is COc1ccc(S(=O)(=O)N(CC(=O)N/N=C\c2ccc3c4c(cccc24)CC3)c2cc(Cl)ccc2OC)cc1OC. The lowest BCUT2D eigenvalue weighted by molar-refractivity contribution is -0.119. The minimum Gasteiger partial charge on any atom is -0.495 e. The van der Waals surface area contributed by atoms with E-state index >= 15 is 0 Å². The first-order chi connectivity index (χ1) is 19.8. The summed E-state index contributed by atoms with van der Waals surface area (Å²) in [7, 11) is -0.0687. The van der Waals surface area contributed by atoms with Crippen LogP contribution in [0.2, 0.25) is 5.02 Å². The Morgan fingerprint density at radius 1 is 0.927 bits per heavy atom. The van der Waals surface area contributed by atoms with E-state index in [0.717, 1.165) is 28.1 Å². The van der Waals surface area contributed by atoms with Crippen LogP contribution in [-0.2, 0) is 27.7 Å². The molecule has 0 saturated heterocycles. The van der Waals surface area contributed by atoms with Gasteiger partial charge >= 0.3 is 0 Å². The minimum atomic E-state index is -4.32. The summed E-state index contributed by atoms with van der Waals surface area (Å²) < 4.78 is 44.7. The lowest BCUT2D eigenvalue weighted by Crippen LogP contribution is -2.39. The molecule has 0 atom stereocenters. The molecule has 0 radical (unpaired) electrons. The predicted molar refractivity (Wildman–Crippen MR) is 159 cm³/mol. The van der Waals surface area contributed by atoms with Crippen LogP contribution in [0.5, 0.6) is 17.2 Å². The molecule has 0 unspecified atom stereocenters. The van der Waals surface area contributed by atoms with Crippen LogP contribution >= 0.6 is 11.6 Å². The van der Waals surface area contributed by atoms with E-state index in [1.54, 1.807) is 12.3 Å². The summed E-state index contributed by atoms with van der Waals surface area (Å²) in [5, 5.41) is 6.68. The standard InChI is InChI=1S/C30H28ClN3O6S/c1-38-26-13-11-22(31)15-25(26)34(41(36,37)23-12-14-27(39-2)28(16-23)40-3)18-29(35)33-32-17-21-10-9-20-8-7-19-5-4-6-24(21)30(19)20/h4-6,9-17H,7-8,18H2,1-3H3,(H,33,35)/b32-17-. The summed E-state index contributed by atoms with van der Waals surface area (Å²) in [6, 6.07) is 18.9. The number of carbonyl (C=O) groups excluding carboxylic acids is 1. The smallest absolute Gasteiger partial charge is 0.265 e. The van der Waals surface area contributed by atoms with Gasteiger partial charge in [-0.1, -0.05) is 41.9 Å². The Labute approximate surface area is 243 Å². The zero-order chi connectivity index (χ0) is 29.1. The van der Waals surface area contributed by atoms with Gasteiger partial charge in [-0.3, -0.25) is 9.10 Å². The predicted octanol–water partition coefficient (Wildman–Crippen LogP) is 4.96. The quantitative estimate of drug-likeness (QED) is 0.206. The molecular formula is C30H28ClN3O6S. The van der Waals surface area contributed by atoms with Gasteiger partial charge in [0.05, 0.1) is 38.1 Å². The number of hydrogen-bond acceptors (Lipinski definition) is 7. The van der Waals surface area contributed by atoms with Crippen molar-refractivity contribution in [2.75, 3.05) is 32.2 Å². The van der Waals surface area contributed by atoms with Gasteiger partial charge in [-0.2, -0.15) is 5.10 Å². The number of ether oxygens (including phenoxy) is 3. The van der Waals surface area contributed by atoms with E-state index in [1.807, 2.05) is 18.2 Å². The highest BCUT2D eigenvalue weighted by atomic mass is 35.5. The number of benzene rings is 4. The van der Waals surface area contributed by atoms with Crippen molar-refractivity contribution in [2.45, 2.75) is 17.7 Å². The Morgan fingerprint density at radius 2 is 1.63 bits per heavy atom. The number of nitrogens with zero attached hydrogens (tertiary/aromatic N) is 2. The summed E-state index contributed by atoms with van der Waals surface area (Å²) in [4.78, 5) is 13.0. The highest BCUT2D eigenvalue weighted by Crippen LogP contribution is 2.37. The van der Waals surface area contributed by atoms with Crippen LogP contribution in [0.4, 0.5) is 5.69 Å². The molecule has 0 bridgehead atoms. The van der Waals surface area contributed by atoms with Gasteiger partial charge in [-0.15, -0.1) is 0 Å². The van der Waals surface area contributed by atoms with Crippen molar-refractivity contribution in [1.29, 1.82) is 0 Å². The molecule has 0 fully saturated rings. The van der Waals surface area contributed by atoms with Gasteiger partial charge in [0.2, 0.25) is 0 Å². The van der Waals surface area contributed by atoms with E-state index in [1.165, 1.54) is 68.2 Å². The Hall–Kier alpha value is -4.28. The molecular weight excluding hydrogens is 566 g/mol. The zero-order valence-electron chi connectivity index (χ0n) is 22.7. The number of anilines is 1. The number of hydrazone groups is 1. The number of hydrogen-bond donors (Lipinski definition) is 1. The molecule has 1 N–H and O–H groups in total. The first-order valence-corrected chi connectivity index (χ1v) is 14.5. The Bertz CT molecular complexity index is 1760. The van der Waals surface area contributed by atoms with Crippen molar-refractivity contribution < 1.29 is 27.4 Å². The molecule has 0 aromatic heterocycles. The largest absolute Gasteiger partial charge is 0.495 e. The van der Waals surface area contributed by atoms with E-state index in [4.69, 9.17) is 25.8 Å². The van der Waals surface area contributed by atoms with E-state index in [-0.39, 0.29) is 27.1 Å². The second kappa shape index (κ2) is 11.7. The normalized spacial score (nSPS) is 12.5. The molecule has 41 heavy (non-hydrogen) atoms. The van der Waals surface area contributed by atoms with E-state index < -0.39 is 22.5 Å². The second-order valence-corrected chi connectivity index (χ2v) is 11.6. The molecule has 4 aromatic rings. The van der Waals surface area contributed by atoms with Gasteiger partial charge in [-0.25, -0.2) is 13.8 Å². The second-order valence-electron chi connectivity index (χ2n) is 9.29. The maximum absolute atomic E-state index is 13.9. The van der Waals surface area contributed by atoms with Gasteiger partial charge < -0.3 is 14.2 Å². The molecule has 0 heterocycles. The monoisotopic (exact) mass is 593 g/mol. The van der Waals surface area contributed by atoms with Crippen molar-refractivity contribution in [3.63, 3.8) is 0 Å². The first-order valence-electron chi connectivity index (χ1n) is 12.7. The average Bonchev–Trinajstić information content (AvgIpc) is 3.41. The fourth-order valence-corrected chi connectivity index (χ4v) is 6.59. The van der Waals surface area contributed by atoms with Crippen LogP contribution in [0, 0.1) is 0 Å². The molecule has 1 aliphatic carbocycles. The van der Waals surface area contributed by atoms with Gasteiger partial charge in [-0.05, 0) is 65.1 Å². The Balaban J connectivity index is 1.46. The molecule has 5 rings (SSSR count). The molecule has 0 aliphatic heterocycles. The number of amides is 1. The van der Waals surface area contributed by atoms with Crippen molar-refractivity contribution >= 4 is 50.2 Å². The lowest BCUT2D eigenvalue weighted by Gasteiger charge is -2.25. The molecule has 212 valence electrons. The maximum atomic E-state index is 13.9. The maximum Gasteiger partial charge on any atom is 0.265 e. The number of rotatable bonds is 10. The van der Waals surface area contributed by atoms with Crippen LogP contribution in [0.1, 0.15) is 16.7 Å². The minimum absolute atomic E-state index is 0.0846. The topological polar surface area (TPSA) is 107 Å². The van der Waals surface area contributed by atoms with E-state index in [2.05, 4.69) is 22.7 Å². The number of sulfonamides is 1. The first kappa shape index (κ1) is 28.3. The molecule has 1 aliphatic rings. The summed E-state index contributed by atoms with van der Waals surface area (Å²) in [6.07, 6.45) is 3.56. The van der Waals surface area contributed by atoms with E-state index in [0.29, 0.717) is 5.75 Å². The average molecular weight is 594 g/mol. The lowest BCUT2D eigenvalue weighted by atomic mass is 10.0. The van der Waals surface area contributed by atoms with Gasteiger partial charge in [0.25, 0.3) is 15.9 Å². The highest BCUT2D eigenvalue weighted by Gasteiger charge is 2.30. The fraction of sp³-hybridized carbons (Fsp3) is 0.200. The highest BCUT2D eigenvalue weighted by molar-refractivity contribution is 7.92. The number of halogens is 1. The summed E-state index contributed by atoms with van der Waals surface area (Å²) in [5.74, 6) is 0.111. The molecule has 0 spiro atoms. The van der Waals surface area contributed by atoms with Crippen molar-refractivity contribution in [1.82, 2.24) is 5.43 Å². The number of carbonyl (C=O) groups is 1. The number of aryl methyl sites for hydroxylation is 2. The number of nitrogens with one attached hydrogen (secondary N) is 1. The third kappa shape index (κ3) is 5.53. The van der Waals surface area contributed by atoms with Crippen LogP contribution in [0.3, 0.4) is 0 Å². The molecule has 9 nitrogen and oxygen atoms in total. The summed E-state index contributed by atoms with van der Waals surface area (Å²) in [5.41, 5.74) is 5.98. The molecule has 0 saturated carbocycles. The van der Waals surface area contributed by atoms with Gasteiger partial charge in [0.1, 0.15) is 12.3 Å². The summed E-state index contributed by atoms with van der Waals surface area (Å²) >= 11 is 6.23. The van der Waals surface area contributed by atoms with Crippen LogP contribution in [-0.4, -0.2) is 48.4 Å². The molecule has 4 aromatic carbocycles. The number of methoxy groups -OCH3 is 3. The summed E-state index contributed by atoms with van der Waals surface area (Å²) in [6.45, 7) is -0.603.